The second-order valence-corrected chi connectivity index (χ2v) is 4.95. The number of benzene rings is 1. The van der Waals surface area contributed by atoms with Crippen molar-refractivity contribution < 1.29 is 9.53 Å². The minimum Gasteiger partial charge on any atom is -0.376 e. The number of para-hydroxylation sites is 1. The lowest BCUT2D eigenvalue weighted by atomic mass is 10.1. The molecular formula is C15H17N3O2. The van der Waals surface area contributed by atoms with Gasteiger partial charge in [0.25, 0.3) is 0 Å². The quantitative estimate of drug-likeness (QED) is 0.890. The van der Waals surface area contributed by atoms with Gasteiger partial charge in [-0.05, 0) is 25.0 Å². The van der Waals surface area contributed by atoms with E-state index in [4.69, 9.17) is 10.5 Å². The number of carbonyl (C=O) groups is 1. The van der Waals surface area contributed by atoms with Crippen LogP contribution in [-0.4, -0.2) is 30.1 Å². The molecule has 0 bridgehead atoms. The Balaban J connectivity index is 1.88. The van der Waals surface area contributed by atoms with Crippen molar-refractivity contribution >= 4 is 22.6 Å². The predicted octanol–water partition coefficient (Wildman–Crippen LogP) is 1.92. The largest absolute Gasteiger partial charge is 0.376 e. The number of ether oxygens (including phenoxy) is 1. The molecule has 0 radical (unpaired) electrons. The molecule has 104 valence electrons. The number of hydrogen-bond donors (Lipinski definition) is 2. The van der Waals surface area contributed by atoms with E-state index in [2.05, 4.69) is 10.3 Å². The number of carbonyl (C=O) groups excluding carboxylic acids is 1. The van der Waals surface area contributed by atoms with Gasteiger partial charge in [-0.25, -0.2) is 4.98 Å². The van der Waals surface area contributed by atoms with Crippen molar-refractivity contribution in [3.05, 3.63) is 35.9 Å². The Labute approximate surface area is 117 Å². The highest BCUT2D eigenvalue weighted by Gasteiger charge is 2.16. The maximum atomic E-state index is 11.6. The van der Waals surface area contributed by atoms with Crippen LogP contribution in [0, 0.1) is 0 Å². The molecule has 1 fully saturated rings. The third-order valence-electron chi connectivity index (χ3n) is 3.52. The molecule has 0 spiro atoms. The summed E-state index contributed by atoms with van der Waals surface area (Å²) in [6.07, 6.45) is 2.38. The highest BCUT2D eigenvalue weighted by molar-refractivity contribution is 6.06. The summed E-state index contributed by atoms with van der Waals surface area (Å²) in [5, 5.41) is 4.01. The Hall–Kier alpha value is -2.14. The fourth-order valence-corrected chi connectivity index (χ4v) is 2.49. The van der Waals surface area contributed by atoms with Gasteiger partial charge in [0, 0.05) is 18.5 Å². The first-order valence-corrected chi connectivity index (χ1v) is 6.79. The predicted molar refractivity (Wildman–Crippen MR) is 77.7 cm³/mol. The van der Waals surface area contributed by atoms with Crippen molar-refractivity contribution in [1.29, 1.82) is 0 Å². The highest BCUT2D eigenvalue weighted by atomic mass is 16.5. The zero-order valence-electron chi connectivity index (χ0n) is 11.1. The monoisotopic (exact) mass is 271 g/mol. The summed E-state index contributed by atoms with van der Waals surface area (Å²) < 4.78 is 5.56. The maximum Gasteiger partial charge on any atom is 0.249 e. The van der Waals surface area contributed by atoms with Crippen molar-refractivity contribution in [3.63, 3.8) is 0 Å². The number of hydrogen-bond acceptors (Lipinski definition) is 4. The molecular weight excluding hydrogens is 254 g/mol. The van der Waals surface area contributed by atoms with Crippen molar-refractivity contribution in [2.75, 3.05) is 18.5 Å². The lowest BCUT2D eigenvalue weighted by Gasteiger charge is -2.13. The third kappa shape index (κ3) is 2.58. The van der Waals surface area contributed by atoms with Crippen LogP contribution >= 0.6 is 0 Å². The van der Waals surface area contributed by atoms with Crippen LogP contribution in [-0.2, 0) is 4.74 Å². The second kappa shape index (κ2) is 5.46. The van der Waals surface area contributed by atoms with Gasteiger partial charge in [-0.15, -0.1) is 0 Å². The number of anilines is 1. The zero-order chi connectivity index (χ0) is 13.9. The van der Waals surface area contributed by atoms with Crippen LogP contribution < -0.4 is 11.1 Å². The molecule has 1 saturated heterocycles. The summed E-state index contributed by atoms with van der Waals surface area (Å²) in [5.41, 5.74) is 6.70. The number of amides is 1. The van der Waals surface area contributed by atoms with Gasteiger partial charge in [-0.3, -0.25) is 4.79 Å². The summed E-state index contributed by atoms with van der Waals surface area (Å²) in [6.45, 7) is 1.52. The van der Waals surface area contributed by atoms with Gasteiger partial charge < -0.3 is 15.8 Å². The van der Waals surface area contributed by atoms with E-state index < -0.39 is 5.91 Å². The van der Waals surface area contributed by atoms with Crippen LogP contribution in [0.2, 0.25) is 0 Å². The molecule has 2 aromatic rings. The van der Waals surface area contributed by atoms with Crippen LogP contribution in [0.15, 0.2) is 30.3 Å². The summed E-state index contributed by atoms with van der Waals surface area (Å²) >= 11 is 0. The fraction of sp³-hybridized carbons (Fsp3) is 0.333. The minimum atomic E-state index is -0.441. The number of aromatic nitrogens is 1. The fourth-order valence-electron chi connectivity index (χ4n) is 2.49. The lowest BCUT2D eigenvalue weighted by molar-refractivity contribution is 0.100. The van der Waals surface area contributed by atoms with E-state index in [-0.39, 0.29) is 6.10 Å². The van der Waals surface area contributed by atoms with Gasteiger partial charge in [0.15, 0.2) is 0 Å². The molecule has 3 rings (SSSR count). The van der Waals surface area contributed by atoms with E-state index >= 15 is 0 Å². The molecule has 1 amide bonds. The first-order chi connectivity index (χ1) is 9.74. The first-order valence-electron chi connectivity index (χ1n) is 6.79. The number of nitrogens with zero attached hydrogens (tertiary/aromatic N) is 1. The molecule has 0 saturated carbocycles. The van der Waals surface area contributed by atoms with Crippen LogP contribution in [0.25, 0.3) is 10.9 Å². The molecule has 1 atom stereocenters. The van der Waals surface area contributed by atoms with Gasteiger partial charge in [-0.2, -0.15) is 0 Å². The number of primary amides is 1. The average Bonchev–Trinajstić information content (AvgIpc) is 2.97. The van der Waals surface area contributed by atoms with E-state index in [9.17, 15) is 4.79 Å². The van der Waals surface area contributed by atoms with Crippen molar-refractivity contribution in [2.45, 2.75) is 18.9 Å². The smallest absolute Gasteiger partial charge is 0.249 e. The van der Waals surface area contributed by atoms with Crippen molar-refractivity contribution in [1.82, 2.24) is 4.98 Å². The second-order valence-electron chi connectivity index (χ2n) is 4.95. The Morgan fingerprint density at radius 1 is 1.45 bits per heavy atom. The number of fused-ring (bicyclic) bond motifs is 1. The number of pyridine rings is 1. The van der Waals surface area contributed by atoms with Crippen LogP contribution in [0.3, 0.4) is 0 Å². The zero-order valence-corrected chi connectivity index (χ0v) is 11.1. The van der Waals surface area contributed by atoms with Crippen LogP contribution in [0.4, 0.5) is 5.82 Å². The SMILES string of the molecule is NC(=O)c1cc(NC[C@@H]2CCCO2)nc2ccccc12. The molecule has 1 aliphatic heterocycles. The van der Waals surface area contributed by atoms with E-state index in [1.54, 1.807) is 6.07 Å². The summed E-state index contributed by atoms with van der Waals surface area (Å²) in [5.74, 6) is 0.219. The standard InChI is InChI=1S/C15H17N3O2/c16-15(19)12-8-14(17-9-10-4-3-7-20-10)18-13-6-2-1-5-11(12)13/h1-2,5-6,8,10H,3-4,7,9H2,(H2,16,19)(H,17,18)/t10-/m0/s1. The molecule has 3 N–H and O–H groups in total. The normalized spacial score (nSPS) is 18.3. The number of nitrogens with two attached hydrogens (primary N) is 1. The highest BCUT2D eigenvalue weighted by Crippen LogP contribution is 2.21. The summed E-state index contributed by atoms with van der Waals surface area (Å²) in [6, 6.07) is 9.20. The molecule has 2 heterocycles. The van der Waals surface area contributed by atoms with E-state index in [0.29, 0.717) is 17.9 Å². The minimum absolute atomic E-state index is 0.222. The molecule has 0 aliphatic carbocycles. The van der Waals surface area contributed by atoms with Gasteiger partial charge in [-0.1, -0.05) is 18.2 Å². The van der Waals surface area contributed by atoms with Crippen LogP contribution in [0.5, 0.6) is 0 Å². The molecule has 1 aromatic carbocycles. The van der Waals surface area contributed by atoms with Crippen molar-refractivity contribution in [3.8, 4) is 0 Å². The molecule has 1 aliphatic rings. The van der Waals surface area contributed by atoms with E-state index in [1.807, 2.05) is 24.3 Å². The Morgan fingerprint density at radius 3 is 3.05 bits per heavy atom. The lowest BCUT2D eigenvalue weighted by Crippen LogP contribution is -2.19. The Kier molecular flexibility index (Phi) is 3.52. The van der Waals surface area contributed by atoms with Gasteiger partial charge >= 0.3 is 0 Å². The molecule has 1 aromatic heterocycles. The maximum absolute atomic E-state index is 11.6. The Morgan fingerprint density at radius 2 is 2.30 bits per heavy atom. The van der Waals surface area contributed by atoms with Crippen molar-refractivity contribution in [2.24, 2.45) is 5.73 Å². The van der Waals surface area contributed by atoms with Gasteiger partial charge in [0.1, 0.15) is 5.82 Å². The molecule has 0 unspecified atom stereocenters. The molecule has 5 heteroatoms. The average molecular weight is 271 g/mol. The summed E-state index contributed by atoms with van der Waals surface area (Å²) in [4.78, 5) is 16.1. The summed E-state index contributed by atoms with van der Waals surface area (Å²) in [7, 11) is 0. The van der Waals surface area contributed by atoms with Gasteiger partial charge in [0.05, 0.1) is 17.2 Å². The van der Waals surface area contributed by atoms with Crippen LogP contribution in [0.1, 0.15) is 23.2 Å². The molecule has 5 nitrogen and oxygen atoms in total. The number of nitrogens with one attached hydrogen (secondary N) is 1. The number of rotatable bonds is 4. The Bertz CT molecular complexity index is 636. The third-order valence-corrected chi connectivity index (χ3v) is 3.52. The topological polar surface area (TPSA) is 77.2 Å². The molecule has 20 heavy (non-hydrogen) atoms. The van der Waals surface area contributed by atoms with E-state index in [0.717, 1.165) is 30.4 Å². The van der Waals surface area contributed by atoms with Gasteiger partial charge in [0.2, 0.25) is 5.91 Å². The first kappa shape index (κ1) is 12.9. The van der Waals surface area contributed by atoms with E-state index in [1.165, 1.54) is 0 Å².